The van der Waals surface area contributed by atoms with Gasteiger partial charge in [-0.05, 0) is 40.8 Å². The summed E-state index contributed by atoms with van der Waals surface area (Å²) in [6, 6.07) is 8.03. The van der Waals surface area contributed by atoms with Crippen LogP contribution >= 0.6 is 33.9 Å². The highest BCUT2D eigenvalue weighted by atomic mass is 127. The summed E-state index contributed by atoms with van der Waals surface area (Å²) in [5.74, 6) is 0. The van der Waals surface area contributed by atoms with E-state index in [-0.39, 0.29) is 0 Å². The zero-order chi connectivity index (χ0) is 8.55. The normalized spacial score (nSPS) is 10.0. The van der Waals surface area contributed by atoms with Gasteiger partial charge in [0.25, 0.3) is 0 Å². The number of rotatable bonds is 0. The molecule has 0 unspecified atom stereocenters. The first kappa shape index (κ1) is 7.95. The lowest BCUT2D eigenvalue weighted by Gasteiger charge is -1.86. The van der Waals surface area contributed by atoms with E-state index in [1.54, 1.807) is 0 Å². The van der Waals surface area contributed by atoms with Crippen LogP contribution in [0.25, 0.3) is 10.2 Å². The Morgan fingerprint density at radius 3 is 3.08 bits per heavy atom. The van der Waals surface area contributed by atoms with Crippen LogP contribution in [0.2, 0.25) is 0 Å². The number of fused-ring (bicyclic) bond motifs is 1. The Labute approximate surface area is 87.0 Å². The van der Waals surface area contributed by atoms with Gasteiger partial charge in [-0.25, -0.2) is 4.98 Å². The van der Waals surface area contributed by atoms with E-state index in [1.807, 2.05) is 24.3 Å². The molecule has 0 bridgehead atoms. The molecule has 0 aliphatic heterocycles. The van der Waals surface area contributed by atoms with Gasteiger partial charge in [0, 0.05) is 3.57 Å². The van der Waals surface area contributed by atoms with Gasteiger partial charge in [0.1, 0.15) is 6.07 Å². The topological polar surface area (TPSA) is 36.7 Å². The van der Waals surface area contributed by atoms with Crippen LogP contribution in [0, 0.1) is 14.9 Å². The fourth-order valence-electron chi connectivity index (χ4n) is 0.948. The fourth-order valence-corrected chi connectivity index (χ4v) is 2.17. The van der Waals surface area contributed by atoms with Gasteiger partial charge >= 0.3 is 0 Å². The second-order valence-electron chi connectivity index (χ2n) is 2.24. The van der Waals surface area contributed by atoms with Crippen LogP contribution in [-0.2, 0) is 0 Å². The summed E-state index contributed by atoms with van der Waals surface area (Å²) in [6.07, 6.45) is 0. The predicted molar refractivity (Wildman–Crippen MR) is 57.1 cm³/mol. The molecule has 0 amide bonds. The van der Waals surface area contributed by atoms with Crippen molar-refractivity contribution >= 4 is 44.1 Å². The number of aromatic nitrogens is 1. The van der Waals surface area contributed by atoms with Crippen molar-refractivity contribution in [2.75, 3.05) is 0 Å². The SMILES string of the molecule is N#Cc1nc2cc(I)ccc2s1. The van der Waals surface area contributed by atoms with Crippen LogP contribution in [0.15, 0.2) is 18.2 Å². The minimum Gasteiger partial charge on any atom is -0.226 e. The number of hydrogen-bond donors (Lipinski definition) is 0. The lowest BCUT2D eigenvalue weighted by atomic mass is 10.3. The van der Waals surface area contributed by atoms with Crippen molar-refractivity contribution in [2.45, 2.75) is 0 Å². The predicted octanol–water partition coefficient (Wildman–Crippen LogP) is 2.77. The molecule has 0 radical (unpaired) electrons. The molecule has 12 heavy (non-hydrogen) atoms. The standard InChI is InChI=1S/C8H3IN2S/c9-5-1-2-7-6(3-5)11-8(4-10)12-7/h1-3H. The number of nitriles is 1. The fraction of sp³-hybridized carbons (Fsp3) is 0. The van der Waals surface area contributed by atoms with Crippen molar-refractivity contribution in [2.24, 2.45) is 0 Å². The Bertz CT molecular complexity index is 469. The highest BCUT2D eigenvalue weighted by Gasteiger charge is 2.01. The van der Waals surface area contributed by atoms with Crippen molar-refractivity contribution in [3.05, 3.63) is 26.8 Å². The van der Waals surface area contributed by atoms with E-state index in [4.69, 9.17) is 5.26 Å². The van der Waals surface area contributed by atoms with Gasteiger partial charge in [0.05, 0.1) is 10.2 Å². The molecule has 1 aromatic carbocycles. The summed E-state index contributed by atoms with van der Waals surface area (Å²) in [5, 5.41) is 9.14. The lowest BCUT2D eigenvalue weighted by Crippen LogP contribution is -1.71. The molecule has 2 nitrogen and oxygen atoms in total. The first-order valence-corrected chi connectivity index (χ1v) is 5.15. The summed E-state index contributed by atoms with van der Waals surface area (Å²) in [7, 11) is 0. The maximum Gasteiger partial charge on any atom is 0.195 e. The largest absolute Gasteiger partial charge is 0.226 e. The van der Waals surface area contributed by atoms with E-state index in [9.17, 15) is 0 Å². The smallest absolute Gasteiger partial charge is 0.195 e. The van der Waals surface area contributed by atoms with Gasteiger partial charge < -0.3 is 0 Å². The van der Waals surface area contributed by atoms with Crippen molar-refractivity contribution < 1.29 is 0 Å². The average Bonchev–Trinajstić information content (AvgIpc) is 2.46. The zero-order valence-electron chi connectivity index (χ0n) is 5.91. The Morgan fingerprint density at radius 1 is 1.50 bits per heavy atom. The van der Waals surface area contributed by atoms with E-state index in [1.165, 1.54) is 11.3 Å². The van der Waals surface area contributed by atoms with Crippen LogP contribution in [-0.4, -0.2) is 4.98 Å². The van der Waals surface area contributed by atoms with Crippen molar-refractivity contribution in [3.63, 3.8) is 0 Å². The van der Waals surface area contributed by atoms with E-state index < -0.39 is 0 Å². The lowest BCUT2D eigenvalue weighted by molar-refractivity contribution is 1.40. The monoisotopic (exact) mass is 286 g/mol. The van der Waals surface area contributed by atoms with E-state index in [2.05, 4.69) is 27.6 Å². The molecule has 0 N–H and O–H groups in total. The second-order valence-corrected chi connectivity index (χ2v) is 4.52. The maximum atomic E-state index is 8.60. The van der Waals surface area contributed by atoms with Crippen LogP contribution < -0.4 is 0 Å². The first-order chi connectivity index (χ1) is 5.79. The molecule has 1 aromatic heterocycles. The molecule has 2 aromatic rings. The van der Waals surface area contributed by atoms with Crippen LogP contribution in [0.3, 0.4) is 0 Å². The summed E-state index contributed by atoms with van der Waals surface area (Å²) in [5.41, 5.74) is 0.920. The molecule has 0 saturated carbocycles. The third-order valence-electron chi connectivity index (χ3n) is 1.45. The Morgan fingerprint density at radius 2 is 2.33 bits per heavy atom. The highest BCUT2D eigenvalue weighted by molar-refractivity contribution is 14.1. The molecule has 1 heterocycles. The molecular weight excluding hydrogens is 283 g/mol. The van der Waals surface area contributed by atoms with Gasteiger partial charge in [-0.1, -0.05) is 0 Å². The number of halogens is 1. The third kappa shape index (κ3) is 1.30. The summed E-state index contributed by atoms with van der Waals surface area (Å²) < 4.78 is 2.22. The minimum atomic E-state index is 0.534. The molecule has 0 aliphatic rings. The molecule has 0 spiro atoms. The van der Waals surface area contributed by atoms with E-state index in [0.717, 1.165) is 13.8 Å². The summed E-state index contributed by atoms with van der Waals surface area (Å²) in [6.45, 7) is 0. The summed E-state index contributed by atoms with van der Waals surface area (Å²) in [4.78, 5) is 4.14. The minimum absolute atomic E-state index is 0.534. The van der Waals surface area contributed by atoms with Crippen molar-refractivity contribution in [3.8, 4) is 6.07 Å². The molecule has 0 atom stereocenters. The van der Waals surface area contributed by atoms with Gasteiger partial charge in [-0.2, -0.15) is 5.26 Å². The Balaban J connectivity index is 2.77. The molecular formula is C8H3IN2S. The Kier molecular flexibility index (Phi) is 1.98. The second kappa shape index (κ2) is 2.99. The van der Waals surface area contributed by atoms with Gasteiger partial charge in [0.15, 0.2) is 5.01 Å². The maximum absolute atomic E-state index is 8.60. The Hall–Kier alpha value is -0.670. The number of nitrogens with zero attached hydrogens (tertiary/aromatic N) is 2. The molecule has 4 heteroatoms. The van der Waals surface area contributed by atoms with Crippen LogP contribution in [0.4, 0.5) is 0 Å². The van der Waals surface area contributed by atoms with Gasteiger partial charge in [0.2, 0.25) is 0 Å². The molecule has 0 aliphatic carbocycles. The number of hydrogen-bond acceptors (Lipinski definition) is 3. The highest BCUT2D eigenvalue weighted by Crippen LogP contribution is 2.22. The van der Waals surface area contributed by atoms with Crippen molar-refractivity contribution in [1.29, 1.82) is 5.26 Å². The van der Waals surface area contributed by atoms with E-state index >= 15 is 0 Å². The molecule has 0 saturated heterocycles. The average molecular weight is 286 g/mol. The third-order valence-corrected chi connectivity index (χ3v) is 3.06. The van der Waals surface area contributed by atoms with Crippen molar-refractivity contribution in [1.82, 2.24) is 4.98 Å². The zero-order valence-corrected chi connectivity index (χ0v) is 8.89. The number of benzene rings is 1. The first-order valence-electron chi connectivity index (χ1n) is 3.26. The molecule has 0 fully saturated rings. The van der Waals surface area contributed by atoms with Crippen LogP contribution in [0.1, 0.15) is 5.01 Å². The van der Waals surface area contributed by atoms with E-state index in [0.29, 0.717) is 5.01 Å². The van der Waals surface area contributed by atoms with Crippen LogP contribution in [0.5, 0.6) is 0 Å². The van der Waals surface area contributed by atoms with Gasteiger partial charge in [-0.15, -0.1) is 11.3 Å². The molecule has 2 rings (SSSR count). The quantitative estimate of drug-likeness (QED) is 0.698. The molecule has 58 valence electrons. The number of thiazole rings is 1. The van der Waals surface area contributed by atoms with Gasteiger partial charge in [-0.3, -0.25) is 0 Å². The summed E-state index contributed by atoms with van der Waals surface area (Å²) >= 11 is 3.66.